The number of carbonyl (C=O) groups excluding carboxylic acids is 1. The molecular formula is C19H43N3O5P+. The zero-order valence-electron chi connectivity index (χ0n) is 18.4. The molecule has 0 aromatic heterocycles. The number of nitrogens with two attached hydrogens (primary N) is 1. The number of quaternary nitrogens is 1. The fourth-order valence-corrected chi connectivity index (χ4v) is 3.38. The van der Waals surface area contributed by atoms with Crippen LogP contribution < -0.4 is 5.73 Å². The van der Waals surface area contributed by atoms with Crippen molar-refractivity contribution in [1.29, 1.82) is 0 Å². The smallest absolute Gasteiger partial charge is 0.351 e. The number of carbonyl (C=O) groups is 1. The zero-order chi connectivity index (χ0) is 21.5. The molecule has 0 fully saturated rings. The largest absolute Gasteiger partial charge is 0.472 e. The third kappa shape index (κ3) is 17.4. The van der Waals surface area contributed by atoms with Crippen molar-refractivity contribution in [3.05, 3.63) is 0 Å². The van der Waals surface area contributed by atoms with E-state index in [-0.39, 0.29) is 19.8 Å². The number of rotatable bonds is 18. The molecule has 28 heavy (non-hydrogen) atoms. The van der Waals surface area contributed by atoms with Gasteiger partial charge in [0.15, 0.2) is 0 Å². The van der Waals surface area contributed by atoms with E-state index < -0.39 is 13.9 Å². The first-order chi connectivity index (χ1) is 13.1. The predicted octanol–water partition coefficient (Wildman–Crippen LogP) is 3.74. The molecule has 0 bridgehead atoms. The van der Waals surface area contributed by atoms with E-state index in [4.69, 9.17) is 14.8 Å². The molecule has 1 atom stereocenters. The summed E-state index contributed by atoms with van der Waals surface area (Å²) >= 11 is 0. The highest BCUT2D eigenvalue weighted by molar-refractivity contribution is 7.47. The van der Waals surface area contributed by atoms with E-state index in [2.05, 4.69) is 6.92 Å². The molecule has 0 aliphatic rings. The number of primary amides is 1. The third-order valence-corrected chi connectivity index (χ3v) is 5.49. The van der Waals surface area contributed by atoms with Gasteiger partial charge in [0.1, 0.15) is 13.2 Å². The molecule has 0 rings (SSSR count). The molecule has 0 aliphatic carbocycles. The highest BCUT2D eigenvalue weighted by atomic mass is 31.2. The molecule has 0 aromatic carbocycles. The fourth-order valence-electron chi connectivity index (χ4n) is 2.68. The quantitative estimate of drug-likeness (QED) is 0.198. The van der Waals surface area contributed by atoms with E-state index >= 15 is 0 Å². The molecular weight excluding hydrogens is 381 g/mol. The van der Waals surface area contributed by atoms with Gasteiger partial charge in [-0.05, 0) is 6.42 Å². The molecule has 9 heteroatoms. The summed E-state index contributed by atoms with van der Waals surface area (Å²) in [5.41, 5.74) is 5.39. The summed E-state index contributed by atoms with van der Waals surface area (Å²) in [7, 11) is 1.78. The molecule has 1 unspecified atom stereocenters. The topological polar surface area (TPSA) is 102 Å². The summed E-state index contributed by atoms with van der Waals surface area (Å²) in [4.78, 5) is 22.7. The summed E-state index contributed by atoms with van der Waals surface area (Å²) in [6.45, 7) is 3.55. The first-order valence-corrected chi connectivity index (χ1v) is 12.0. The zero-order valence-corrected chi connectivity index (χ0v) is 19.3. The minimum atomic E-state index is -4.11. The first kappa shape index (κ1) is 27.3. The first-order valence-electron chi connectivity index (χ1n) is 10.5. The lowest BCUT2D eigenvalue weighted by Crippen LogP contribution is -2.39. The van der Waals surface area contributed by atoms with E-state index in [1.807, 2.05) is 21.1 Å². The standard InChI is InChI=1S/C19H42N3O5P/c1-5-6-7-8-9-10-11-12-13-14-21(19(20)23)15-17-26-28(24,25)27-18-16-22(2,3)4/h5-18H2,1-4H3,(H2-,20,23,24,25)/p+1. The van der Waals surface area contributed by atoms with Gasteiger partial charge in [-0.15, -0.1) is 0 Å². The molecule has 0 aromatic rings. The van der Waals surface area contributed by atoms with Crippen LogP contribution >= 0.6 is 7.82 Å². The minimum absolute atomic E-state index is 0.0848. The van der Waals surface area contributed by atoms with Gasteiger partial charge in [-0.1, -0.05) is 58.3 Å². The number of likely N-dealkylation sites (N-methyl/N-ethyl adjacent to an activating group) is 1. The fraction of sp³-hybridized carbons (Fsp3) is 0.947. The van der Waals surface area contributed by atoms with Crippen LogP contribution in [0.2, 0.25) is 0 Å². The Morgan fingerprint density at radius 2 is 1.43 bits per heavy atom. The van der Waals surface area contributed by atoms with Gasteiger partial charge in [-0.2, -0.15) is 0 Å². The number of amides is 2. The number of unbranched alkanes of at least 4 members (excludes halogenated alkanes) is 8. The van der Waals surface area contributed by atoms with E-state index in [9.17, 15) is 14.3 Å². The van der Waals surface area contributed by atoms with Crippen molar-refractivity contribution < 1.29 is 27.8 Å². The molecule has 168 valence electrons. The molecule has 0 aliphatic heterocycles. The van der Waals surface area contributed by atoms with E-state index in [0.717, 1.165) is 19.3 Å². The van der Waals surface area contributed by atoms with Gasteiger partial charge in [-0.3, -0.25) is 9.05 Å². The van der Waals surface area contributed by atoms with Crippen LogP contribution in [-0.2, 0) is 13.6 Å². The number of hydrogen-bond donors (Lipinski definition) is 2. The van der Waals surface area contributed by atoms with Crippen molar-refractivity contribution in [3.63, 3.8) is 0 Å². The summed E-state index contributed by atoms with van der Waals surface area (Å²) in [5.74, 6) is 0. The van der Waals surface area contributed by atoms with Crippen molar-refractivity contribution in [3.8, 4) is 0 Å². The maximum Gasteiger partial charge on any atom is 0.472 e. The third-order valence-electron chi connectivity index (χ3n) is 4.48. The maximum atomic E-state index is 11.8. The van der Waals surface area contributed by atoms with E-state index in [1.54, 1.807) is 0 Å². The Labute approximate surface area is 171 Å². The Kier molecular flexibility index (Phi) is 14.9. The van der Waals surface area contributed by atoms with Gasteiger partial charge in [0.2, 0.25) is 0 Å². The number of urea groups is 1. The number of phosphoric ester groups is 1. The lowest BCUT2D eigenvalue weighted by molar-refractivity contribution is -0.870. The molecule has 0 spiro atoms. The van der Waals surface area contributed by atoms with Crippen LogP contribution in [-0.4, -0.2) is 74.3 Å². The molecule has 0 saturated carbocycles. The second kappa shape index (κ2) is 15.2. The molecule has 2 amide bonds. The molecule has 8 nitrogen and oxygen atoms in total. The van der Waals surface area contributed by atoms with Gasteiger partial charge < -0.3 is 20.0 Å². The summed E-state index contributed by atoms with van der Waals surface area (Å²) in [6.07, 6.45) is 10.8. The monoisotopic (exact) mass is 424 g/mol. The average Bonchev–Trinajstić information content (AvgIpc) is 2.57. The molecule has 0 radical (unpaired) electrons. The molecule has 0 heterocycles. The van der Waals surface area contributed by atoms with Crippen molar-refractivity contribution in [2.75, 3.05) is 54.0 Å². The van der Waals surface area contributed by atoms with Crippen molar-refractivity contribution in [2.24, 2.45) is 5.73 Å². The van der Waals surface area contributed by atoms with E-state index in [1.165, 1.54) is 43.4 Å². The van der Waals surface area contributed by atoms with Gasteiger partial charge in [0.05, 0.1) is 27.7 Å². The van der Waals surface area contributed by atoms with E-state index in [0.29, 0.717) is 17.6 Å². The van der Waals surface area contributed by atoms with Crippen molar-refractivity contribution >= 4 is 13.9 Å². The Morgan fingerprint density at radius 3 is 1.93 bits per heavy atom. The lowest BCUT2D eigenvalue weighted by atomic mass is 10.1. The summed E-state index contributed by atoms with van der Waals surface area (Å²) < 4.78 is 22.4. The lowest BCUT2D eigenvalue weighted by Gasteiger charge is -2.24. The maximum absolute atomic E-state index is 11.8. The minimum Gasteiger partial charge on any atom is -0.351 e. The Balaban J connectivity index is 3.90. The Morgan fingerprint density at radius 1 is 0.929 bits per heavy atom. The van der Waals surface area contributed by atoms with Crippen molar-refractivity contribution in [2.45, 2.75) is 64.7 Å². The van der Waals surface area contributed by atoms with Gasteiger partial charge >= 0.3 is 13.9 Å². The van der Waals surface area contributed by atoms with Gasteiger partial charge in [-0.25, -0.2) is 9.36 Å². The molecule has 3 N–H and O–H groups in total. The van der Waals surface area contributed by atoms with Crippen LogP contribution in [0.1, 0.15) is 64.7 Å². The Hall–Kier alpha value is -0.660. The highest BCUT2D eigenvalue weighted by Gasteiger charge is 2.23. The average molecular weight is 425 g/mol. The number of phosphoric acid groups is 1. The van der Waals surface area contributed by atoms with Crippen molar-refractivity contribution in [1.82, 2.24) is 4.90 Å². The van der Waals surface area contributed by atoms with Crippen LogP contribution in [0.25, 0.3) is 0 Å². The summed E-state index contributed by atoms with van der Waals surface area (Å²) in [6, 6.07) is -0.540. The van der Waals surface area contributed by atoms with Crippen LogP contribution in [0.3, 0.4) is 0 Å². The summed E-state index contributed by atoms with van der Waals surface area (Å²) in [5, 5.41) is 0. The number of nitrogens with zero attached hydrogens (tertiary/aromatic N) is 2. The second-order valence-electron chi connectivity index (χ2n) is 8.30. The SMILES string of the molecule is CCCCCCCCCCCN(CCOP(=O)(O)OCC[N+](C)(C)C)C(N)=O. The second-order valence-corrected chi connectivity index (χ2v) is 9.76. The predicted molar refractivity (Wildman–Crippen MR) is 113 cm³/mol. The van der Waals surface area contributed by atoms with Crippen LogP contribution in [0.5, 0.6) is 0 Å². The highest BCUT2D eigenvalue weighted by Crippen LogP contribution is 2.42. The normalized spacial score (nSPS) is 14.0. The van der Waals surface area contributed by atoms with Gasteiger partial charge in [0, 0.05) is 13.1 Å². The van der Waals surface area contributed by atoms with Crippen LogP contribution in [0.15, 0.2) is 0 Å². The number of hydrogen-bond acceptors (Lipinski definition) is 4. The van der Waals surface area contributed by atoms with Crippen LogP contribution in [0.4, 0.5) is 4.79 Å². The Bertz CT molecular complexity index is 457. The molecule has 0 saturated heterocycles. The van der Waals surface area contributed by atoms with Gasteiger partial charge in [0.25, 0.3) is 0 Å². The van der Waals surface area contributed by atoms with Crippen LogP contribution in [0, 0.1) is 0 Å².